The van der Waals surface area contributed by atoms with Crippen molar-refractivity contribution in [2.24, 2.45) is 5.92 Å². The Hall–Kier alpha value is -0.820. The van der Waals surface area contributed by atoms with Gasteiger partial charge in [-0.25, -0.2) is 0 Å². The third-order valence-electron chi connectivity index (χ3n) is 2.75. The highest BCUT2D eigenvalue weighted by Crippen LogP contribution is 2.30. The second kappa shape index (κ2) is 2.91. The van der Waals surface area contributed by atoms with Gasteiger partial charge in [0, 0.05) is 12.6 Å². The van der Waals surface area contributed by atoms with Crippen LogP contribution < -0.4 is 5.32 Å². The van der Waals surface area contributed by atoms with Crippen LogP contribution in [0.3, 0.4) is 0 Å². The minimum absolute atomic E-state index is 0.603. The van der Waals surface area contributed by atoms with E-state index in [1.165, 1.54) is 17.7 Å². The van der Waals surface area contributed by atoms with Crippen LogP contribution in [0.4, 0.5) is 0 Å². The normalized spacial score (nSPS) is 28.2. The highest BCUT2D eigenvalue weighted by atomic mass is 15.0. The molecule has 0 amide bonds. The monoisotopic (exact) mass is 161 g/mol. The Morgan fingerprint density at radius 1 is 1.33 bits per heavy atom. The minimum Gasteiger partial charge on any atom is -0.309 e. The van der Waals surface area contributed by atoms with Crippen LogP contribution in [0.5, 0.6) is 0 Å². The molecule has 1 aliphatic heterocycles. The van der Waals surface area contributed by atoms with Crippen molar-refractivity contribution in [3.63, 3.8) is 0 Å². The van der Waals surface area contributed by atoms with E-state index in [-0.39, 0.29) is 0 Å². The van der Waals surface area contributed by atoms with Gasteiger partial charge in [0.2, 0.25) is 0 Å². The molecule has 1 aromatic carbocycles. The van der Waals surface area contributed by atoms with E-state index >= 15 is 0 Å². The van der Waals surface area contributed by atoms with Crippen LogP contribution in [0.1, 0.15) is 24.1 Å². The molecule has 2 atom stereocenters. The first-order chi connectivity index (χ1) is 5.79. The van der Waals surface area contributed by atoms with Gasteiger partial charge >= 0.3 is 0 Å². The van der Waals surface area contributed by atoms with Crippen LogP contribution in [0.2, 0.25) is 0 Å². The van der Waals surface area contributed by atoms with E-state index in [9.17, 15) is 0 Å². The van der Waals surface area contributed by atoms with E-state index in [0.29, 0.717) is 6.04 Å². The first-order valence-corrected chi connectivity index (χ1v) is 4.58. The molecule has 1 fully saturated rings. The molecular formula is C11H15N. The van der Waals surface area contributed by atoms with Gasteiger partial charge in [-0.05, 0) is 24.0 Å². The molecule has 0 aliphatic carbocycles. The van der Waals surface area contributed by atoms with Gasteiger partial charge < -0.3 is 5.32 Å². The molecular weight excluding hydrogens is 146 g/mol. The average Bonchev–Trinajstić information content (AvgIpc) is 2.06. The molecule has 1 nitrogen and oxygen atoms in total. The summed E-state index contributed by atoms with van der Waals surface area (Å²) in [4.78, 5) is 0. The molecule has 1 heterocycles. The molecule has 2 rings (SSSR count). The minimum atomic E-state index is 0.603. The molecule has 1 aliphatic rings. The third kappa shape index (κ3) is 1.14. The predicted molar refractivity (Wildman–Crippen MR) is 51.1 cm³/mol. The van der Waals surface area contributed by atoms with Gasteiger partial charge in [0.25, 0.3) is 0 Å². The summed E-state index contributed by atoms with van der Waals surface area (Å²) in [7, 11) is 0. The quantitative estimate of drug-likeness (QED) is 0.666. The summed E-state index contributed by atoms with van der Waals surface area (Å²) in [6, 6.07) is 9.23. The number of hydrogen-bond acceptors (Lipinski definition) is 1. The Morgan fingerprint density at radius 2 is 2.08 bits per heavy atom. The summed E-state index contributed by atoms with van der Waals surface area (Å²) >= 11 is 0. The molecule has 0 radical (unpaired) electrons. The van der Waals surface area contributed by atoms with Crippen molar-refractivity contribution in [2.45, 2.75) is 19.9 Å². The highest BCUT2D eigenvalue weighted by Gasteiger charge is 2.27. The molecule has 1 aromatic rings. The molecule has 1 N–H and O–H groups in total. The van der Waals surface area contributed by atoms with Crippen LogP contribution in [-0.4, -0.2) is 6.54 Å². The van der Waals surface area contributed by atoms with Crippen molar-refractivity contribution in [3.8, 4) is 0 Å². The first-order valence-electron chi connectivity index (χ1n) is 4.58. The zero-order valence-corrected chi connectivity index (χ0v) is 7.67. The van der Waals surface area contributed by atoms with Gasteiger partial charge in [0.1, 0.15) is 0 Å². The third-order valence-corrected chi connectivity index (χ3v) is 2.75. The Morgan fingerprint density at radius 3 is 2.58 bits per heavy atom. The van der Waals surface area contributed by atoms with Gasteiger partial charge in [0.15, 0.2) is 0 Å². The van der Waals surface area contributed by atoms with Gasteiger partial charge in [0.05, 0.1) is 0 Å². The molecule has 0 spiro atoms. The summed E-state index contributed by atoms with van der Waals surface area (Å²) in [5.41, 5.74) is 2.87. The van der Waals surface area contributed by atoms with Crippen LogP contribution in [-0.2, 0) is 0 Å². The maximum Gasteiger partial charge on any atom is 0.0360 e. The molecule has 1 saturated heterocycles. The number of nitrogens with one attached hydrogen (secondary N) is 1. The lowest BCUT2D eigenvalue weighted by atomic mass is 9.86. The lowest BCUT2D eigenvalue weighted by Crippen LogP contribution is -2.44. The van der Waals surface area contributed by atoms with E-state index in [1.807, 2.05) is 0 Å². The van der Waals surface area contributed by atoms with Crippen molar-refractivity contribution in [2.75, 3.05) is 6.54 Å². The highest BCUT2D eigenvalue weighted by molar-refractivity contribution is 5.30. The van der Waals surface area contributed by atoms with Crippen LogP contribution in [0.15, 0.2) is 24.3 Å². The summed E-state index contributed by atoms with van der Waals surface area (Å²) < 4.78 is 0. The smallest absolute Gasteiger partial charge is 0.0360 e. The van der Waals surface area contributed by atoms with Crippen molar-refractivity contribution < 1.29 is 0 Å². The number of rotatable bonds is 1. The van der Waals surface area contributed by atoms with Crippen molar-refractivity contribution in [3.05, 3.63) is 35.4 Å². The zero-order chi connectivity index (χ0) is 8.55. The van der Waals surface area contributed by atoms with Gasteiger partial charge in [-0.15, -0.1) is 0 Å². The Balaban J connectivity index is 2.27. The summed E-state index contributed by atoms with van der Waals surface area (Å²) in [6.07, 6.45) is 0. The van der Waals surface area contributed by atoms with E-state index in [0.717, 1.165) is 5.92 Å². The maximum atomic E-state index is 3.45. The van der Waals surface area contributed by atoms with Crippen molar-refractivity contribution in [1.29, 1.82) is 0 Å². The first kappa shape index (κ1) is 7.81. The lowest BCUT2D eigenvalue weighted by molar-refractivity contribution is 0.257. The number of hydrogen-bond donors (Lipinski definition) is 1. The fourth-order valence-electron chi connectivity index (χ4n) is 1.82. The molecule has 0 aromatic heterocycles. The molecule has 2 unspecified atom stereocenters. The van der Waals surface area contributed by atoms with Crippen molar-refractivity contribution >= 4 is 0 Å². The SMILES string of the molecule is Cc1ccccc1C1NCC1C. The fraction of sp³-hybridized carbons (Fsp3) is 0.455. The van der Waals surface area contributed by atoms with E-state index in [1.54, 1.807) is 0 Å². The molecule has 64 valence electrons. The van der Waals surface area contributed by atoms with Crippen LogP contribution >= 0.6 is 0 Å². The van der Waals surface area contributed by atoms with E-state index < -0.39 is 0 Å². The zero-order valence-electron chi connectivity index (χ0n) is 7.67. The van der Waals surface area contributed by atoms with Gasteiger partial charge in [-0.2, -0.15) is 0 Å². The largest absolute Gasteiger partial charge is 0.309 e. The Labute approximate surface area is 73.8 Å². The Kier molecular flexibility index (Phi) is 1.89. The molecule has 0 bridgehead atoms. The van der Waals surface area contributed by atoms with Crippen molar-refractivity contribution in [1.82, 2.24) is 5.32 Å². The lowest BCUT2D eigenvalue weighted by Gasteiger charge is -2.36. The van der Waals surface area contributed by atoms with Crippen LogP contribution in [0.25, 0.3) is 0 Å². The Bertz CT molecular complexity index is 280. The van der Waals surface area contributed by atoms with E-state index in [4.69, 9.17) is 0 Å². The maximum absolute atomic E-state index is 3.45. The fourth-order valence-corrected chi connectivity index (χ4v) is 1.82. The molecule has 12 heavy (non-hydrogen) atoms. The topological polar surface area (TPSA) is 12.0 Å². The van der Waals surface area contributed by atoms with Gasteiger partial charge in [-0.3, -0.25) is 0 Å². The number of benzene rings is 1. The second-order valence-electron chi connectivity index (χ2n) is 3.72. The molecule has 0 saturated carbocycles. The van der Waals surface area contributed by atoms with Crippen LogP contribution in [0, 0.1) is 12.8 Å². The summed E-state index contributed by atoms with van der Waals surface area (Å²) in [5, 5.41) is 3.45. The predicted octanol–water partition coefficient (Wildman–Crippen LogP) is 2.28. The number of aryl methyl sites for hydroxylation is 1. The van der Waals surface area contributed by atoms with Gasteiger partial charge in [-0.1, -0.05) is 31.2 Å². The van der Waals surface area contributed by atoms with E-state index in [2.05, 4.69) is 43.4 Å². The summed E-state index contributed by atoms with van der Waals surface area (Å²) in [5.74, 6) is 0.797. The molecule has 1 heteroatoms. The average molecular weight is 161 g/mol. The second-order valence-corrected chi connectivity index (χ2v) is 3.72. The standard InChI is InChI=1S/C11H15N/c1-8-5-3-4-6-10(8)11-9(2)7-12-11/h3-6,9,11-12H,7H2,1-2H3. The summed E-state index contributed by atoms with van der Waals surface area (Å²) in [6.45, 7) is 5.65.